The third-order valence-corrected chi connectivity index (χ3v) is 8.29. The fraction of sp³-hybridized carbons (Fsp3) is 0.375. The molecular weight excluding hydrogens is 558 g/mol. The molecule has 0 saturated heterocycles. The van der Waals surface area contributed by atoms with E-state index in [-0.39, 0.29) is 43.7 Å². The van der Waals surface area contributed by atoms with Crippen molar-refractivity contribution in [1.29, 1.82) is 0 Å². The molecule has 0 saturated carbocycles. The van der Waals surface area contributed by atoms with Crippen LogP contribution in [0.3, 0.4) is 0 Å². The van der Waals surface area contributed by atoms with Crippen molar-refractivity contribution < 1.29 is 18.0 Å². The van der Waals surface area contributed by atoms with E-state index in [1.54, 1.807) is 23.1 Å². The van der Waals surface area contributed by atoms with Crippen molar-refractivity contribution in [2.24, 2.45) is 5.92 Å². The van der Waals surface area contributed by atoms with Crippen LogP contribution in [0.5, 0.6) is 0 Å². The number of carbonyl (C=O) groups excluding carboxylic acids is 2. The summed E-state index contributed by atoms with van der Waals surface area (Å²) in [7, 11) is -3.56. The summed E-state index contributed by atoms with van der Waals surface area (Å²) in [6, 6.07) is 23.3. The Hall–Kier alpha value is -3.36. The van der Waals surface area contributed by atoms with Crippen LogP contribution in [0.4, 0.5) is 5.69 Å². The first kappa shape index (κ1) is 32.2. The van der Waals surface area contributed by atoms with Crippen LogP contribution in [0.2, 0.25) is 5.02 Å². The van der Waals surface area contributed by atoms with Gasteiger partial charge in [-0.05, 0) is 48.6 Å². The van der Waals surface area contributed by atoms with Crippen molar-refractivity contribution >= 4 is 39.1 Å². The molecule has 0 spiro atoms. The topological polar surface area (TPSA) is 86.8 Å². The van der Waals surface area contributed by atoms with Crippen molar-refractivity contribution in [2.75, 3.05) is 23.7 Å². The van der Waals surface area contributed by atoms with E-state index >= 15 is 0 Å². The molecule has 3 aromatic carbocycles. The third-order valence-electron chi connectivity index (χ3n) is 6.73. The average Bonchev–Trinajstić information content (AvgIpc) is 2.93. The SMILES string of the molecule is Cc1ccc(N(CCCC(=O)N(Cc2ccccc2Cl)C(Cc2ccccc2)C(=O)NCC(C)C)S(C)(=O)=O)cc1. The molecule has 3 rings (SSSR count). The van der Waals surface area contributed by atoms with Crippen molar-refractivity contribution in [2.45, 2.75) is 52.6 Å². The van der Waals surface area contributed by atoms with Gasteiger partial charge in [-0.3, -0.25) is 13.9 Å². The van der Waals surface area contributed by atoms with Crippen LogP contribution in [0.15, 0.2) is 78.9 Å². The first-order valence-electron chi connectivity index (χ1n) is 13.8. The number of aryl methyl sites for hydroxylation is 1. The Balaban J connectivity index is 1.88. The predicted octanol–water partition coefficient (Wildman–Crippen LogP) is 5.61. The number of sulfonamides is 1. The Morgan fingerprint density at radius 1 is 0.927 bits per heavy atom. The number of benzene rings is 3. The maximum atomic E-state index is 13.9. The number of amides is 2. The van der Waals surface area contributed by atoms with Crippen LogP contribution in [0.1, 0.15) is 43.4 Å². The second-order valence-corrected chi connectivity index (χ2v) is 13.0. The first-order valence-corrected chi connectivity index (χ1v) is 16.1. The number of nitrogens with one attached hydrogen (secondary N) is 1. The van der Waals surface area contributed by atoms with Gasteiger partial charge in [0.25, 0.3) is 0 Å². The molecule has 0 heterocycles. The summed E-state index contributed by atoms with van der Waals surface area (Å²) in [5, 5.41) is 3.51. The number of anilines is 1. The smallest absolute Gasteiger partial charge is 0.243 e. The van der Waals surface area contributed by atoms with Gasteiger partial charge in [0.1, 0.15) is 6.04 Å². The minimum absolute atomic E-state index is 0.0606. The first-order chi connectivity index (χ1) is 19.5. The molecule has 1 unspecified atom stereocenters. The minimum atomic E-state index is -3.56. The maximum absolute atomic E-state index is 13.9. The van der Waals surface area contributed by atoms with Gasteiger partial charge in [0.05, 0.1) is 11.9 Å². The standard InChI is InChI=1S/C32H40ClN3O4S/c1-24(2)22-34-32(38)30(21-26-11-6-5-7-12-26)35(23-27-13-8-9-14-29(27)33)31(37)15-10-20-36(41(4,39)40)28-18-16-25(3)17-19-28/h5-9,11-14,16-19,24,30H,10,15,20-23H2,1-4H3,(H,34,38). The maximum Gasteiger partial charge on any atom is 0.243 e. The molecule has 7 nitrogen and oxygen atoms in total. The lowest BCUT2D eigenvalue weighted by molar-refractivity contribution is -0.141. The quantitative estimate of drug-likeness (QED) is 0.262. The monoisotopic (exact) mass is 597 g/mol. The van der Waals surface area contributed by atoms with Gasteiger partial charge in [-0.15, -0.1) is 0 Å². The van der Waals surface area contributed by atoms with E-state index in [1.165, 1.54) is 4.31 Å². The van der Waals surface area contributed by atoms with Gasteiger partial charge in [-0.1, -0.05) is 91.7 Å². The summed E-state index contributed by atoms with van der Waals surface area (Å²) in [5.41, 5.74) is 3.23. The Morgan fingerprint density at radius 2 is 1.56 bits per heavy atom. The van der Waals surface area contributed by atoms with Gasteiger partial charge in [0, 0.05) is 37.5 Å². The van der Waals surface area contributed by atoms with Crippen molar-refractivity contribution in [3.05, 3.63) is 101 Å². The largest absolute Gasteiger partial charge is 0.354 e. The molecule has 1 N–H and O–H groups in total. The number of nitrogens with zero attached hydrogens (tertiary/aromatic N) is 2. The molecule has 41 heavy (non-hydrogen) atoms. The van der Waals surface area contributed by atoms with E-state index in [9.17, 15) is 18.0 Å². The Kier molecular flexibility index (Phi) is 11.8. The van der Waals surface area contributed by atoms with Crippen molar-refractivity contribution in [3.63, 3.8) is 0 Å². The summed E-state index contributed by atoms with van der Waals surface area (Å²) in [6.07, 6.45) is 1.84. The molecule has 3 aromatic rings. The number of halogens is 1. The normalized spacial score (nSPS) is 12.1. The average molecular weight is 598 g/mol. The van der Waals surface area contributed by atoms with Crippen molar-refractivity contribution in [1.82, 2.24) is 10.2 Å². The molecule has 0 radical (unpaired) electrons. The van der Waals surface area contributed by atoms with E-state index in [0.717, 1.165) is 22.9 Å². The zero-order valence-corrected chi connectivity index (χ0v) is 25.8. The molecule has 1 atom stereocenters. The second kappa shape index (κ2) is 15.0. The Morgan fingerprint density at radius 3 is 2.17 bits per heavy atom. The lowest BCUT2D eigenvalue weighted by Gasteiger charge is -2.32. The van der Waals surface area contributed by atoms with Crippen LogP contribution < -0.4 is 9.62 Å². The second-order valence-electron chi connectivity index (χ2n) is 10.7. The lowest BCUT2D eigenvalue weighted by Crippen LogP contribution is -2.51. The molecular formula is C32H40ClN3O4S. The number of hydrogen-bond acceptors (Lipinski definition) is 4. The van der Waals surface area contributed by atoms with Crippen LogP contribution >= 0.6 is 11.6 Å². The molecule has 9 heteroatoms. The van der Waals surface area contributed by atoms with Gasteiger partial charge in [0.15, 0.2) is 0 Å². The van der Waals surface area contributed by atoms with Gasteiger partial charge >= 0.3 is 0 Å². The van der Waals surface area contributed by atoms with Gasteiger partial charge in [-0.2, -0.15) is 0 Å². The van der Waals surface area contributed by atoms with E-state index in [2.05, 4.69) is 5.32 Å². The van der Waals surface area contributed by atoms with Crippen LogP contribution in [-0.4, -0.2) is 50.5 Å². The highest BCUT2D eigenvalue weighted by Crippen LogP contribution is 2.23. The van der Waals surface area contributed by atoms with E-state index in [1.807, 2.05) is 81.4 Å². The summed E-state index contributed by atoms with van der Waals surface area (Å²) >= 11 is 6.48. The van der Waals surface area contributed by atoms with E-state index < -0.39 is 16.1 Å². The zero-order valence-electron chi connectivity index (χ0n) is 24.2. The van der Waals surface area contributed by atoms with Crippen LogP contribution in [-0.2, 0) is 32.6 Å². The third kappa shape index (κ3) is 9.90. The Bertz CT molecular complexity index is 1400. The highest BCUT2D eigenvalue weighted by molar-refractivity contribution is 7.92. The molecule has 0 bridgehead atoms. The fourth-order valence-corrected chi connectivity index (χ4v) is 5.66. The van der Waals surface area contributed by atoms with Gasteiger partial charge in [0.2, 0.25) is 21.8 Å². The summed E-state index contributed by atoms with van der Waals surface area (Å²) in [6.45, 7) is 6.74. The summed E-state index contributed by atoms with van der Waals surface area (Å²) in [4.78, 5) is 29.0. The Labute approximate surface area is 249 Å². The number of rotatable bonds is 14. The van der Waals surface area contributed by atoms with Gasteiger partial charge < -0.3 is 10.2 Å². The predicted molar refractivity (Wildman–Crippen MR) is 166 cm³/mol. The van der Waals surface area contributed by atoms with Crippen LogP contribution in [0, 0.1) is 12.8 Å². The molecule has 0 aliphatic heterocycles. The van der Waals surface area contributed by atoms with Crippen molar-refractivity contribution in [3.8, 4) is 0 Å². The molecule has 0 aliphatic rings. The van der Waals surface area contributed by atoms with Crippen LogP contribution in [0.25, 0.3) is 0 Å². The van der Waals surface area contributed by atoms with Gasteiger partial charge in [-0.25, -0.2) is 8.42 Å². The fourth-order valence-electron chi connectivity index (χ4n) is 4.50. The molecule has 0 aromatic heterocycles. The number of hydrogen-bond donors (Lipinski definition) is 1. The highest BCUT2D eigenvalue weighted by Gasteiger charge is 2.31. The molecule has 220 valence electrons. The van der Waals surface area contributed by atoms with E-state index in [0.29, 0.717) is 23.7 Å². The summed E-state index contributed by atoms with van der Waals surface area (Å²) < 4.78 is 26.5. The van der Waals surface area contributed by atoms with E-state index in [4.69, 9.17) is 11.6 Å². The molecule has 0 aliphatic carbocycles. The lowest BCUT2D eigenvalue weighted by atomic mass is 10.0. The molecule has 0 fully saturated rings. The minimum Gasteiger partial charge on any atom is -0.354 e. The highest BCUT2D eigenvalue weighted by atomic mass is 35.5. The zero-order chi connectivity index (χ0) is 30.0. The molecule has 2 amide bonds. The summed E-state index contributed by atoms with van der Waals surface area (Å²) in [5.74, 6) is -0.240. The number of carbonyl (C=O) groups is 2.